The van der Waals surface area contributed by atoms with Crippen LogP contribution in [0.5, 0.6) is 0 Å². The zero-order valence-electron chi connectivity index (χ0n) is 36.5. The van der Waals surface area contributed by atoms with Crippen LogP contribution in [0, 0.1) is 11.3 Å². The highest BCUT2D eigenvalue weighted by Gasteiger charge is 2.76. The molecule has 6 fully saturated rings. The Morgan fingerprint density at radius 2 is 1.72 bits per heavy atom. The second-order valence-electron chi connectivity index (χ2n) is 19.6. The van der Waals surface area contributed by atoms with Crippen molar-refractivity contribution in [3.05, 3.63) is 112 Å². The number of esters is 2. The van der Waals surface area contributed by atoms with Gasteiger partial charge >= 0.3 is 11.9 Å². The van der Waals surface area contributed by atoms with Crippen molar-refractivity contribution in [3.63, 3.8) is 0 Å². The lowest BCUT2D eigenvalue weighted by Crippen LogP contribution is -2.69. The third kappa shape index (κ3) is 8.29. The summed E-state index contributed by atoms with van der Waals surface area (Å²) in [5.74, 6) is -2.35. The summed E-state index contributed by atoms with van der Waals surface area (Å²) >= 11 is 0. The topological polar surface area (TPSA) is 174 Å². The van der Waals surface area contributed by atoms with E-state index in [9.17, 15) is 19.5 Å². The van der Waals surface area contributed by atoms with Crippen LogP contribution in [-0.2, 0) is 68.8 Å². The van der Waals surface area contributed by atoms with E-state index >= 15 is 4.79 Å². The Morgan fingerprint density at radius 3 is 2.48 bits per heavy atom. The van der Waals surface area contributed by atoms with E-state index < -0.39 is 71.1 Å². The van der Waals surface area contributed by atoms with Crippen LogP contribution in [0.1, 0.15) is 97.5 Å². The molecule has 3 N–H and O–H groups in total. The maximum atomic E-state index is 15.1. The van der Waals surface area contributed by atoms with Gasteiger partial charge in [0.05, 0.1) is 31.4 Å². The lowest BCUT2D eigenvalue weighted by atomic mass is 9.62. The first-order chi connectivity index (χ1) is 30.8. The minimum atomic E-state index is -1.40. The molecule has 3 unspecified atom stereocenters. The first-order valence-electron chi connectivity index (χ1n) is 22.8. The van der Waals surface area contributed by atoms with E-state index in [1.54, 1.807) is 50.1 Å². The maximum absolute atomic E-state index is 15.1. The fourth-order valence-electron chi connectivity index (χ4n) is 10.9. The van der Waals surface area contributed by atoms with Crippen LogP contribution in [0.4, 0.5) is 0 Å². The minimum absolute atomic E-state index is 0.0301. The molecule has 3 aliphatic carbocycles. The summed E-state index contributed by atoms with van der Waals surface area (Å²) in [6, 6.07) is 21.3. The third-order valence-corrected chi connectivity index (χ3v) is 14.0. The van der Waals surface area contributed by atoms with Crippen LogP contribution in [0.25, 0.3) is 6.08 Å². The molecule has 0 radical (unpaired) electrons. The Balaban J connectivity index is 0.890. The van der Waals surface area contributed by atoms with E-state index in [1.165, 1.54) is 0 Å². The van der Waals surface area contributed by atoms with Gasteiger partial charge in [0, 0.05) is 37.8 Å². The zero-order valence-corrected chi connectivity index (χ0v) is 36.5. The molecule has 2 amide bonds. The van der Waals surface area contributed by atoms with Crippen LogP contribution in [0.15, 0.2) is 78.9 Å². The molecule has 4 saturated heterocycles. The number of hydroxylamine groups is 2. The van der Waals surface area contributed by atoms with Crippen LogP contribution < -0.4 is 10.6 Å². The van der Waals surface area contributed by atoms with E-state index in [0.29, 0.717) is 42.1 Å². The summed E-state index contributed by atoms with van der Waals surface area (Å²) in [4.78, 5) is 62.1. The quantitative estimate of drug-likeness (QED) is 0.157. The van der Waals surface area contributed by atoms with Crippen molar-refractivity contribution in [2.24, 2.45) is 11.3 Å². The minimum Gasteiger partial charge on any atom is -0.460 e. The number of hydrogen-bond donors (Lipinski definition) is 3. The summed E-state index contributed by atoms with van der Waals surface area (Å²) in [6.45, 7) is 5.24. The molecule has 1 spiro atoms. The Morgan fingerprint density at radius 1 is 0.953 bits per heavy atom. The van der Waals surface area contributed by atoms with Gasteiger partial charge in [0.1, 0.15) is 35.4 Å². The predicted octanol–water partition coefficient (Wildman–Crippen LogP) is 4.88. The molecule has 7 aliphatic rings. The highest BCUT2D eigenvalue weighted by atomic mass is 16.8. The van der Waals surface area contributed by atoms with Crippen molar-refractivity contribution in [2.75, 3.05) is 6.61 Å². The number of hydrogen-bond acceptors (Lipinski definition) is 12. The molecule has 4 aliphatic heterocycles. The number of fused-ring (bicyclic) bond motifs is 6. The summed E-state index contributed by atoms with van der Waals surface area (Å²) < 4.78 is 31.1. The van der Waals surface area contributed by atoms with Crippen molar-refractivity contribution in [1.29, 1.82) is 0 Å². The molecular formula is C50H57N3O11. The lowest BCUT2D eigenvalue weighted by molar-refractivity contribution is -0.217. The van der Waals surface area contributed by atoms with Gasteiger partial charge in [-0.1, -0.05) is 72.8 Å². The van der Waals surface area contributed by atoms with E-state index in [4.69, 9.17) is 28.5 Å². The normalized spacial score (nSPS) is 31.2. The van der Waals surface area contributed by atoms with Crippen molar-refractivity contribution in [3.8, 4) is 0 Å². The number of epoxide rings is 1. The summed E-state index contributed by atoms with van der Waals surface area (Å²) in [5.41, 5.74) is 3.12. The standard InChI is InChI=1S/C50H57N3O11/c1-48(2,3)61-40(55)20-18-36(28-54)52-45(56)32-14-8-9-30(21-32)26-51-47(58)50-25-39-41-42(63-49(62-41)23-33-11-5-6-12-34(33)24-49)44(50)64-53(43(50)46(57)60-39)27-35-13-7-4-10-31(35)17-15-29-16-19-37-38(22-29)59-37/h4-15,17,21,29,36-39,41-44,54H,16,18-20,22-28H2,1-3H3,(H,51,58)(H,52,56)/t29?,36-,37?,38?,39+,41-,42-,43-,44+,50-/m0/s1. The molecule has 338 valence electrons. The lowest BCUT2D eigenvalue weighted by Gasteiger charge is -2.48. The van der Waals surface area contributed by atoms with Gasteiger partial charge in [-0.25, -0.2) is 0 Å². The van der Waals surface area contributed by atoms with Crippen molar-refractivity contribution >= 4 is 29.8 Å². The Labute approximate surface area is 372 Å². The smallest absolute Gasteiger partial charge is 0.327 e. The van der Waals surface area contributed by atoms with Gasteiger partial charge in [-0.15, -0.1) is 0 Å². The molecule has 64 heavy (non-hydrogen) atoms. The largest absolute Gasteiger partial charge is 0.460 e. The molecule has 2 bridgehead atoms. The predicted molar refractivity (Wildman–Crippen MR) is 231 cm³/mol. The number of rotatable bonds is 13. The Kier molecular flexibility index (Phi) is 11.3. The SMILES string of the molecule is CC(C)(C)OC(=O)CC[C@@H](CO)NC(=O)c1cccc(CNC(=O)[C@@]23C[C@H]4OC(=O)[C@@H]2N(Cc2ccccc2C=CC2CCC5OC5C2)O[C@@H]3[C@H]2OC3(Cc5ccccc5C3)O[C@H]24)c1. The first kappa shape index (κ1) is 43.0. The number of carbonyl (C=O) groups excluding carboxylic acids is 4. The van der Waals surface area contributed by atoms with Crippen molar-refractivity contribution < 1.29 is 52.8 Å². The van der Waals surface area contributed by atoms with Gasteiger partial charge in [0.2, 0.25) is 5.91 Å². The van der Waals surface area contributed by atoms with Gasteiger partial charge in [0.25, 0.3) is 5.91 Å². The van der Waals surface area contributed by atoms with Crippen molar-refractivity contribution in [1.82, 2.24) is 15.7 Å². The molecule has 2 saturated carbocycles. The highest BCUT2D eigenvalue weighted by molar-refractivity contribution is 5.95. The van der Waals surface area contributed by atoms with Gasteiger partial charge in [0.15, 0.2) is 11.8 Å². The molecule has 14 nitrogen and oxygen atoms in total. The number of ether oxygens (including phenoxy) is 5. The molecule has 4 heterocycles. The Hall–Kier alpha value is -4.96. The van der Waals surface area contributed by atoms with Crippen LogP contribution in [-0.4, -0.2) is 101 Å². The Bertz CT molecular complexity index is 2320. The maximum Gasteiger partial charge on any atom is 0.327 e. The molecule has 3 aromatic carbocycles. The average Bonchev–Trinajstić information content (AvgIpc) is 3.62. The number of carbonyl (C=O) groups is 4. The number of nitrogens with one attached hydrogen (secondary N) is 2. The zero-order chi connectivity index (χ0) is 44.4. The third-order valence-electron chi connectivity index (χ3n) is 14.0. The van der Waals surface area contributed by atoms with Crippen molar-refractivity contribution in [2.45, 2.75) is 145 Å². The van der Waals surface area contributed by atoms with Crippen LogP contribution in [0.2, 0.25) is 0 Å². The molecular weight excluding hydrogens is 819 g/mol. The first-order valence-corrected chi connectivity index (χ1v) is 22.8. The number of aliphatic hydroxyl groups is 1. The fourth-order valence-corrected chi connectivity index (χ4v) is 10.9. The number of nitrogens with zero attached hydrogens (tertiary/aromatic N) is 1. The van der Waals surface area contributed by atoms with E-state index in [-0.39, 0.29) is 44.9 Å². The van der Waals surface area contributed by atoms with Gasteiger partial charge < -0.3 is 39.4 Å². The fraction of sp³-hybridized carbons (Fsp3) is 0.520. The van der Waals surface area contributed by atoms with Gasteiger partial charge in [-0.3, -0.25) is 24.0 Å². The number of benzene rings is 3. The average molecular weight is 876 g/mol. The molecule has 3 aromatic rings. The van der Waals surface area contributed by atoms with Crippen LogP contribution >= 0.6 is 0 Å². The summed E-state index contributed by atoms with van der Waals surface area (Å²) in [6.07, 6.45) is 6.85. The number of aliphatic hydroxyl groups excluding tert-OH is 1. The molecule has 0 aromatic heterocycles. The molecule has 10 rings (SSSR count). The second-order valence-corrected chi connectivity index (χ2v) is 19.6. The van der Waals surface area contributed by atoms with E-state index in [0.717, 1.165) is 41.5 Å². The van der Waals surface area contributed by atoms with E-state index in [2.05, 4.69) is 41.0 Å². The monoisotopic (exact) mass is 875 g/mol. The van der Waals surface area contributed by atoms with E-state index in [1.807, 2.05) is 30.3 Å². The number of allylic oxidation sites excluding steroid dienone is 1. The molecule has 14 heteroatoms. The second kappa shape index (κ2) is 16.8. The van der Waals surface area contributed by atoms with Gasteiger partial charge in [-0.2, -0.15) is 5.06 Å². The van der Waals surface area contributed by atoms with Crippen LogP contribution in [0.3, 0.4) is 0 Å². The summed E-state index contributed by atoms with van der Waals surface area (Å²) in [7, 11) is 0. The van der Waals surface area contributed by atoms with Gasteiger partial charge in [-0.05, 0) is 92.3 Å². The highest BCUT2D eigenvalue weighted by Crippen LogP contribution is 2.58. The molecule has 10 atom stereocenters. The summed E-state index contributed by atoms with van der Waals surface area (Å²) in [5, 5.41) is 17.6. The number of amides is 2.